The number of amides is 2. The fourth-order valence-corrected chi connectivity index (χ4v) is 5.01. The highest BCUT2D eigenvalue weighted by molar-refractivity contribution is 5.95. The summed E-state index contributed by atoms with van der Waals surface area (Å²) in [5, 5.41) is 4.33. The van der Waals surface area contributed by atoms with Gasteiger partial charge in [0.15, 0.2) is 5.83 Å². The van der Waals surface area contributed by atoms with E-state index in [1.54, 1.807) is 28.8 Å². The fourth-order valence-electron chi connectivity index (χ4n) is 5.01. The van der Waals surface area contributed by atoms with Gasteiger partial charge in [-0.1, -0.05) is 60.7 Å². The van der Waals surface area contributed by atoms with Crippen molar-refractivity contribution >= 4 is 17.9 Å². The number of nitrogens with zero attached hydrogens (tertiary/aromatic N) is 4. The Bertz CT molecular complexity index is 1210. The van der Waals surface area contributed by atoms with Gasteiger partial charge in [-0.2, -0.15) is 5.10 Å². The Hall–Kier alpha value is -3.74. The molecule has 7 heteroatoms. The van der Waals surface area contributed by atoms with Crippen molar-refractivity contribution in [3.63, 3.8) is 0 Å². The molecule has 0 unspecified atom stereocenters. The zero-order valence-corrected chi connectivity index (χ0v) is 21.1. The van der Waals surface area contributed by atoms with Gasteiger partial charge in [-0.15, -0.1) is 0 Å². The second-order valence-electron chi connectivity index (χ2n) is 9.50. The van der Waals surface area contributed by atoms with Crippen LogP contribution in [0.4, 0.5) is 4.39 Å². The van der Waals surface area contributed by atoms with Crippen LogP contribution in [-0.2, 0) is 18.3 Å². The van der Waals surface area contributed by atoms with Crippen molar-refractivity contribution in [1.82, 2.24) is 19.6 Å². The first-order valence-electron chi connectivity index (χ1n) is 12.4. The van der Waals surface area contributed by atoms with E-state index in [0.717, 1.165) is 11.3 Å². The maximum atomic E-state index is 14.7. The Kier molecular flexibility index (Phi) is 7.98. The molecule has 188 valence electrons. The molecule has 1 fully saturated rings. The number of hydrogen-bond acceptors (Lipinski definition) is 3. The van der Waals surface area contributed by atoms with Crippen LogP contribution >= 0.6 is 0 Å². The minimum absolute atomic E-state index is 0.0583. The normalized spacial score (nSPS) is 15.6. The summed E-state index contributed by atoms with van der Waals surface area (Å²) >= 11 is 0. The SMILES string of the molecule is Cc1cc(C(=O)N(C)[C@H](Cc2ccccc2)C2CCN(C(=O)/C(F)=C/c3ccccc3)CC2)n(C)n1. The molecule has 0 spiro atoms. The van der Waals surface area contributed by atoms with Crippen molar-refractivity contribution in [2.45, 2.75) is 32.2 Å². The average molecular weight is 489 g/mol. The molecule has 2 aromatic carbocycles. The quantitative estimate of drug-likeness (QED) is 0.455. The third-order valence-electron chi connectivity index (χ3n) is 6.99. The number of carbonyl (C=O) groups excluding carboxylic acids is 2. The van der Waals surface area contributed by atoms with Crippen LogP contribution < -0.4 is 0 Å². The topological polar surface area (TPSA) is 58.4 Å². The van der Waals surface area contributed by atoms with Gasteiger partial charge in [0.05, 0.1) is 5.69 Å². The van der Waals surface area contributed by atoms with E-state index in [9.17, 15) is 14.0 Å². The first-order chi connectivity index (χ1) is 17.3. The largest absolute Gasteiger partial charge is 0.337 e. The number of benzene rings is 2. The van der Waals surface area contributed by atoms with Gasteiger partial charge < -0.3 is 9.80 Å². The fraction of sp³-hybridized carbons (Fsp3) is 0.345. The zero-order valence-electron chi connectivity index (χ0n) is 21.1. The second kappa shape index (κ2) is 11.3. The number of likely N-dealkylation sites (N-methyl/N-ethyl adjacent to an activating group) is 1. The number of aryl methyl sites for hydroxylation is 2. The minimum Gasteiger partial charge on any atom is -0.337 e. The lowest BCUT2D eigenvalue weighted by Crippen LogP contribution is -2.48. The molecule has 3 aromatic rings. The summed E-state index contributed by atoms with van der Waals surface area (Å²) in [6.45, 7) is 2.78. The predicted octanol–water partition coefficient (Wildman–Crippen LogP) is 4.66. The molecular weight excluding hydrogens is 455 g/mol. The molecule has 2 amide bonds. The van der Waals surface area contributed by atoms with Crippen LogP contribution in [0.3, 0.4) is 0 Å². The monoisotopic (exact) mass is 488 g/mol. The van der Waals surface area contributed by atoms with Crippen molar-refractivity contribution in [3.05, 3.63) is 95.1 Å². The van der Waals surface area contributed by atoms with E-state index in [0.29, 0.717) is 43.6 Å². The van der Waals surface area contributed by atoms with E-state index in [-0.39, 0.29) is 17.9 Å². The maximum absolute atomic E-state index is 14.7. The number of hydrogen-bond donors (Lipinski definition) is 0. The number of likely N-dealkylation sites (tertiary alicyclic amines) is 1. The van der Waals surface area contributed by atoms with Gasteiger partial charge in [-0.3, -0.25) is 14.3 Å². The first kappa shape index (κ1) is 25.4. The van der Waals surface area contributed by atoms with Gasteiger partial charge in [-0.05, 0) is 55.4 Å². The van der Waals surface area contributed by atoms with Gasteiger partial charge in [0.25, 0.3) is 11.8 Å². The summed E-state index contributed by atoms with van der Waals surface area (Å²) in [5.74, 6) is -1.22. The van der Waals surface area contributed by atoms with Crippen LogP contribution in [-0.4, -0.2) is 57.6 Å². The van der Waals surface area contributed by atoms with Crippen molar-refractivity contribution in [3.8, 4) is 0 Å². The third-order valence-corrected chi connectivity index (χ3v) is 6.99. The molecule has 36 heavy (non-hydrogen) atoms. The van der Waals surface area contributed by atoms with Gasteiger partial charge in [0.2, 0.25) is 0 Å². The Labute approximate surface area is 212 Å². The number of halogens is 1. The summed E-state index contributed by atoms with van der Waals surface area (Å²) in [7, 11) is 3.62. The van der Waals surface area contributed by atoms with Crippen LogP contribution in [0, 0.1) is 12.8 Å². The second-order valence-corrected chi connectivity index (χ2v) is 9.50. The van der Waals surface area contributed by atoms with Crippen molar-refractivity contribution < 1.29 is 14.0 Å². The highest BCUT2D eigenvalue weighted by atomic mass is 19.1. The lowest BCUT2D eigenvalue weighted by atomic mass is 9.84. The van der Waals surface area contributed by atoms with Crippen molar-refractivity contribution in [2.75, 3.05) is 20.1 Å². The Morgan fingerprint density at radius 2 is 1.69 bits per heavy atom. The van der Waals surface area contributed by atoms with E-state index in [1.807, 2.05) is 61.3 Å². The molecule has 1 saturated heterocycles. The molecule has 4 rings (SSSR count). The Morgan fingerprint density at radius 3 is 2.28 bits per heavy atom. The molecule has 0 aliphatic carbocycles. The number of carbonyl (C=O) groups is 2. The number of rotatable bonds is 7. The van der Waals surface area contributed by atoms with E-state index in [4.69, 9.17) is 0 Å². The molecular formula is C29H33FN4O2. The van der Waals surface area contributed by atoms with Gasteiger partial charge in [0, 0.05) is 33.2 Å². The summed E-state index contributed by atoms with van der Waals surface area (Å²) in [5.41, 5.74) is 3.16. The predicted molar refractivity (Wildman–Crippen MR) is 139 cm³/mol. The molecule has 6 nitrogen and oxygen atoms in total. The summed E-state index contributed by atoms with van der Waals surface area (Å²) < 4.78 is 16.3. The van der Waals surface area contributed by atoms with E-state index in [1.165, 1.54) is 6.08 Å². The van der Waals surface area contributed by atoms with Crippen molar-refractivity contribution in [1.29, 1.82) is 0 Å². The van der Waals surface area contributed by atoms with Crippen LogP contribution in [0.1, 0.15) is 40.2 Å². The molecule has 1 aliphatic rings. The average Bonchev–Trinajstić information content (AvgIpc) is 3.24. The highest BCUT2D eigenvalue weighted by Gasteiger charge is 2.34. The van der Waals surface area contributed by atoms with Crippen LogP contribution in [0.2, 0.25) is 0 Å². The van der Waals surface area contributed by atoms with Gasteiger partial charge >= 0.3 is 0 Å². The Morgan fingerprint density at radius 1 is 1.08 bits per heavy atom. The molecule has 0 N–H and O–H groups in total. The summed E-state index contributed by atoms with van der Waals surface area (Å²) in [6, 6.07) is 20.9. The lowest BCUT2D eigenvalue weighted by molar-refractivity contribution is -0.130. The van der Waals surface area contributed by atoms with E-state index >= 15 is 0 Å². The van der Waals surface area contributed by atoms with Gasteiger partial charge in [0.1, 0.15) is 5.69 Å². The molecule has 1 atom stereocenters. The Balaban J connectivity index is 1.48. The summed E-state index contributed by atoms with van der Waals surface area (Å²) in [4.78, 5) is 29.6. The molecule has 0 saturated carbocycles. The zero-order chi connectivity index (χ0) is 25.7. The van der Waals surface area contributed by atoms with Gasteiger partial charge in [-0.25, -0.2) is 4.39 Å². The van der Waals surface area contributed by atoms with Crippen molar-refractivity contribution in [2.24, 2.45) is 13.0 Å². The third kappa shape index (κ3) is 5.90. The number of piperidine rings is 1. The molecule has 2 heterocycles. The number of aromatic nitrogens is 2. The molecule has 0 radical (unpaired) electrons. The van der Waals surface area contributed by atoms with Crippen LogP contribution in [0.5, 0.6) is 0 Å². The maximum Gasteiger partial charge on any atom is 0.282 e. The minimum atomic E-state index is -0.751. The lowest BCUT2D eigenvalue weighted by Gasteiger charge is -2.40. The molecule has 1 aromatic heterocycles. The van der Waals surface area contributed by atoms with Crippen LogP contribution in [0.15, 0.2) is 72.6 Å². The molecule has 0 bridgehead atoms. The summed E-state index contributed by atoms with van der Waals surface area (Å²) in [6.07, 6.45) is 3.39. The smallest absolute Gasteiger partial charge is 0.282 e. The molecule has 1 aliphatic heterocycles. The van der Waals surface area contributed by atoms with Crippen LogP contribution in [0.25, 0.3) is 6.08 Å². The van der Waals surface area contributed by atoms with E-state index < -0.39 is 11.7 Å². The standard InChI is InChI=1S/C29H33FN4O2/c1-21-18-27(33(3)31-21)29(36)32(2)26(20-23-12-8-5-9-13-23)24-14-16-34(17-15-24)28(35)25(30)19-22-10-6-4-7-11-22/h4-13,18-19,24,26H,14-17,20H2,1-3H3/b25-19-/t26-/m1/s1. The highest BCUT2D eigenvalue weighted by Crippen LogP contribution is 2.28. The first-order valence-corrected chi connectivity index (χ1v) is 12.4. The van der Waals surface area contributed by atoms with E-state index in [2.05, 4.69) is 17.2 Å².